The lowest BCUT2D eigenvalue weighted by atomic mass is 9.91. The third kappa shape index (κ3) is 6.77. The molecule has 2 aromatic carbocycles. The number of terminal acetylenes is 1. The number of halogens is 5. The lowest BCUT2D eigenvalue weighted by Gasteiger charge is -2.25. The number of carbonyl (C=O) groups is 1. The Bertz CT molecular complexity index is 917. The van der Waals surface area contributed by atoms with Crippen molar-refractivity contribution in [3.63, 3.8) is 0 Å². The summed E-state index contributed by atoms with van der Waals surface area (Å²) in [5.74, 6) is 1.25. The molecule has 8 heteroatoms. The fourth-order valence-corrected chi connectivity index (χ4v) is 3.04. The molecule has 0 spiro atoms. The molecule has 3 rings (SSSR count). The fourth-order valence-electron chi connectivity index (χ4n) is 2.89. The van der Waals surface area contributed by atoms with E-state index in [2.05, 4.69) is 18.5 Å². The van der Waals surface area contributed by atoms with Gasteiger partial charge in [0.25, 0.3) is 0 Å². The summed E-state index contributed by atoms with van der Waals surface area (Å²) in [6.07, 6.45) is 2.19. The zero-order valence-electron chi connectivity index (χ0n) is 15.8. The van der Waals surface area contributed by atoms with Gasteiger partial charge < -0.3 is 4.74 Å². The molecule has 2 nitrogen and oxygen atoms in total. The van der Waals surface area contributed by atoms with Gasteiger partial charge in [-0.05, 0) is 42.8 Å². The summed E-state index contributed by atoms with van der Waals surface area (Å²) in [7, 11) is 0. The maximum Gasteiger partial charge on any atom is 0.416 e. The lowest BCUT2D eigenvalue weighted by molar-refractivity contribution is -0.137. The smallest absolute Gasteiger partial charge is 0.416 e. The van der Waals surface area contributed by atoms with Crippen LogP contribution in [0.4, 0.5) is 22.0 Å². The predicted octanol–water partition coefficient (Wildman–Crippen LogP) is 5.88. The molecule has 0 N–H and O–H groups in total. The highest BCUT2D eigenvalue weighted by atomic mass is 32.1. The van der Waals surface area contributed by atoms with Crippen LogP contribution in [0.2, 0.25) is 0 Å². The SMILES string of the molecule is C#CCCC(=O)CC1COc2c(F)ccc(F)c2C1.FC(F)(F)c1ccc(S)cc1. The molecule has 2 aromatic rings. The zero-order valence-corrected chi connectivity index (χ0v) is 16.7. The number of ketones is 1. The molecule has 0 aliphatic carbocycles. The molecule has 1 aliphatic rings. The van der Waals surface area contributed by atoms with E-state index in [0.29, 0.717) is 24.2 Å². The second-order valence-electron chi connectivity index (χ2n) is 6.71. The van der Waals surface area contributed by atoms with E-state index in [-0.39, 0.29) is 36.0 Å². The molecule has 0 bridgehead atoms. The van der Waals surface area contributed by atoms with E-state index in [0.717, 1.165) is 24.3 Å². The molecule has 0 aromatic heterocycles. The van der Waals surface area contributed by atoms with Crippen LogP contribution in [0, 0.1) is 29.9 Å². The van der Waals surface area contributed by atoms with Crippen molar-refractivity contribution in [2.45, 2.75) is 36.8 Å². The Hall–Kier alpha value is -2.53. The Morgan fingerprint density at radius 1 is 1.13 bits per heavy atom. The molecular weight excluding hydrogens is 423 g/mol. The van der Waals surface area contributed by atoms with Gasteiger partial charge in [0.1, 0.15) is 11.6 Å². The Morgan fingerprint density at radius 2 is 1.77 bits per heavy atom. The Morgan fingerprint density at radius 3 is 2.37 bits per heavy atom. The van der Waals surface area contributed by atoms with Crippen LogP contribution in [0.1, 0.15) is 30.4 Å². The molecule has 0 saturated carbocycles. The number of carbonyl (C=O) groups excluding carboxylic acids is 1. The minimum Gasteiger partial charge on any atom is -0.490 e. The van der Waals surface area contributed by atoms with Crippen molar-refractivity contribution in [2.75, 3.05) is 6.61 Å². The molecule has 0 radical (unpaired) electrons. The van der Waals surface area contributed by atoms with Gasteiger partial charge in [0.05, 0.1) is 12.2 Å². The Labute approximate surface area is 176 Å². The molecule has 160 valence electrons. The van der Waals surface area contributed by atoms with Crippen LogP contribution < -0.4 is 4.74 Å². The largest absolute Gasteiger partial charge is 0.490 e. The maximum absolute atomic E-state index is 13.6. The second-order valence-corrected chi connectivity index (χ2v) is 7.23. The summed E-state index contributed by atoms with van der Waals surface area (Å²) in [4.78, 5) is 12.1. The first-order valence-electron chi connectivity index (χ1n) is 9.03. The normalized spacial score (nSPS) is 15.2. The first-order chi connectivity index (χ1) is 14.1. The van der Waals surface area contributed by atoms with Crippen molar-refractivity contribution in [1.29, 1.82) is 0 Å². The molecular formula is C22H19F5O2S. The van der Waals surface area contributed by atoms with E-state index in [9.17, 15) is 26.7 Å². The van der Waals surface area contributed by atoms with Crippen molar-refractivity contribution >= 4 is 18.4 Å². The lowest BCUT2D eigenvalue weighted by Crippen LogP contribution is -2.25. The topological polar surface area (TPSA) is 26.3 Å². The summed E-state index contributed by atoms with van der Waals surface area (Å²) >= 11 is 3.86. The molecule has 0 amide bonds. The van der Waals surface area contributed by atoms with Gasteiger partial charge >= 0.3 is 6.18 Å². The molecule has 1 aliphatic heterocycles. The van der Waals surface area contributed by atoms with E-state index < -0.39 is 23.4 Å². The summed E-state index contributed by atoms with van der Waals surface area (Å²) in [6.45, 7) is 0.231. The van der Waals surface area contributed by atoms with Gasteiger partial charge in [-0.15, -0.1) is 25.0 Å². The quantitative estimate of drug-likeness (QED) is 0.364. The number of thiol groups is 1. The third-order valence-electron chi connectivity index (χ3n) is 4.37. The third-order valence-corrected chi connectivity index (χ3v) is 4.67. The minimum atomic E-state index is -4.25. The number of Topliss-reactive ketones (excluding diaryl/α,β-unsaturated/α-hetero) is 1. The van der Waals surface area contributed by atoms with Crippen LogP contribution in [0.15, 0.2) is 41.3 Å². The van der Waals surface area contributed by atoms with E-state index in [4.69, 9.17) is 11.2 Å². The summed E-state index contributed by atoms with van der Waals surface area (Å²) in [6, 6.07) is 6.76. The van der Waals surface area contributed by atoms with Crippen LogP contribution >= 0.6 is 12.6 Å². The molecule has 1 unspecified atom stereocenters. The first kappa shape index (κ1) is 23.7. The zero-order chi connectivity index (χ0) is 22.3. The van der Waals surface area contributed by atoms with Crippen molar-refractivity contribution in [2.24, 2.45) is 5.92 Å². The average Bonchev–Trinajstić information content (AvgIpc) is 2.69. The summed E-state index contributed by atoms with van der Waals surface area (Å²) in [5.41, 5.74) is -0.420. The van der Waals surface area contributed by atoms with Crippen LogP contribution in [-0.2, 0) is 17.4 Å². The van der Waals surface area contributed by atoms with Crippen LogP contribution in [0.5, 0.6) is 5.75 Å². The van der Waals surface area contributed by atoms with Crippen LogP contribution in [-0.4, -0.2) is 12.4 Å². The number of ether oxygens (including phenoxy) is 1. The summed E-state index contributed by atoms with van der Waals surface area (Å²) in [5, 5.41) is 0. The number of benzene rings is 2. The van der Waals surface area contributed by atoms with Gasteiger partial charge in [0, 0.05) is 35.6 Å². The Balaban J connectivity index is 0.000000248. The minimum absolute atomic E-state index is 0.0210. The van der Waals surface area contributed by atoms with Crippen molar-refractivity contribution < 1.29 is 31.5 Å². The Kier molecular flexibility index (Phi) is 8.30. The summed E-state index contributed by atoms with van der Waals surface area (Å²) < 4.78 is 68.0. The number of hydrogen-bond acceptors (Lipinski definition) is 3. The van der Waals surface area contributed by atoms with Gasteiger partial charge in [-0.1, -0.05) is 0 Å². The highest BCUT2D eigenvalue weighted by molar-refractivity contribution is 7.80. The van der Waals surface area contributed by atoms with Crippen LogP contribution in [0.3, 0.4) is 0 Å². The first-order valence-corrected chi connectivity index (χ1v) is 9.47. The highest BCUT2D eigenvalue weighted by Crippen LogP contribution is 2.33. The van der Waals surface area contributed by atoms with Gasteiger partial charge in [-0.2, -0.15) is 13.2 Å². The number of alkyl halides is 3. The van der Waals surface area contributed by atoms with Gasteiger partial charge in [-0.3, -0.25) is 4.79 Å². The van der Waals surface area contributed by atoms with Crippen molar-refractivity contribution in [1.82, 2.24) is 0 Å². The molecule has 30 heavy (non-hydrogen) atoms. The van der Waals surface area contributed by atoms with Gasteiger partial charge in [-0.25, -0.2) is 8.78 Å². The number of fused-ring (bicyclic) bond motifs is 1. The van der Waals surface area contributed by atoms with E-state index in [1.54, 1.807) is 0 Å². The van der Waals surface area contributed by atoms with Gasteiger partial charge in [0.2, 0.25) is 0 Å². The second kappa shape index (κ2) is 10.5. The van der Waals surface area contributed by atoms with E-state index >= 15 is 0 Å². The predicted molar refractivity (Wildman–Crippen MR) is 105 cm³/mol. The average molecular weight is 442 g/mol. The maximum atomic E-state index is 13.6. The van der Waals surface area contributed by atoms with E-state index in [1.807, 2.05) is 0 Å². The van der Waals surface area contributed by atoms with Gasteiger partial charge in [0.15, 0.2) is 11.6 Å². The standard InChI is InChI=1S/C15H14F2O2.C7H5F3S/c1-2-3-4-11(18)7-10-8-12-13(16)5-6-14(17)15(12)19-9-10;8-7(9,10)5-1-3-6(11)4-2-5/h1,5-6,10H,3-4,7-9H2;1-4,11H. The monoisotopic (exact) mass is 442 g/mol. The molecule has 0 fully saturated rings. The number of hydrogen-bond donors (Lipinski definition) is 1. The highest BCUT2D eigenvalue weighted by Gasteiger charge is 2.29. The molecule has 1 heterocycles. The van der Waals surface area contributed by atoms with Crippen molar-refractivity contribution in [3.05, 3.63) is 59.2 Å². The molecule has 0 saturated heterocycles. The van der Waals surface area contributed by atoms with Crippen molar-refractivity contribution in [3.8, 4) is 18.1 Å². The van der Waals surface area contributed by atoms with E-state index in [1.165, 1.54) is 12.1 Å². The molecule has 1 atom stereocenters. The number of rotatable bonds is 4. The van der Waals surface area contributed by atoms with Crippen LogP contribution in [0.25, 0.3) is 0 Å². The fraction of sp³-hybridized carbons (Fsp3) is 0.318.